The molecule has 0 aromatic carbocycles. The number of pyridine rings is 1. The molecule has 0 spiro atoms. The molecule has 0 atom stereocenters. The standard InChI is InChI=1S/C15H22F3N5/c16-15(17,18)12-6-5-7-20-13(12)21-8-9-22-14(19)23-10-3-1-2-4-11-23/h5-7H,1-4,8-11H2,(H2,19,22)(H,20,21). The minimum absolute atomic E-state index is 0.177. The first-order valence-electron chi connectivity index (χ1n) is 7.79. The second-order valence-corrected chi connectivity index (χ2v) is 5.47. The van der Waals surface area contributed by atoms with Gasteiger partial charge in [0.05, 0.1) is 12.1 Å². The van der Waals surface area contributed by atoms with E-state index in [0.717, 1.165) is 32.0 Å². The number of guanidine groups is 1. The average molecular weight is 329 g/mol. The topological polar surface area (TPSA) is 66.5 Å². The van der Waals surface area contributed by atoms with Crippen LogP contribution in [0.5, 0.6) is 0 Å². The molecule has 23 heavy (non-hydrogen) atoms. The van der Waals surface area contributed by atoms with Crippen molar-refractivity contribution in [2.75, 3.05) is 31.5 Å². The number of rotatable bonds is 4. The number of likely N-dealkylation sites (tertiary alicyclic amines) is 1. The van der Waals surface area contributed by atoms with Crippen LogP contribution in [0.1, 0.15) is 31.2 Å². The highest BCUT2D eigenvalue weighted by Gasteiger charge is 2.33. The number of aromatic nitrogens is 1. The number of aliphatic imine (C=N–C) groups is 1. The molecule has 1 aliphatic rings. The number of nitrogens with zero attached hydrogens (tertiary/aromatic N) is 3. The van der Waals surface area contributed by atoms with E-state index in [-0.39, 0.29) is 12.4 Å². The zero-order chi connectivity index (χ0) is 16.7. The molecule has 0 bridgehead atoms. The number of nitrogens with one attached hydrogen (secondary N) is 1. The Kier molecular flexibility index (Phi) is 6.06. The van der Waals surface area contributed by atoms with Gasteiger partial charge >= 0.3 is 6.18 Å². The fraction of sp³-hybridized carbons (Fsp3) is 0.600. The van der Waals surface area contributed by atoms with E-state index < -0.39 is 11.7 Å². The molecular formula is C15H22F3N5. The van der Waals surface area contributed by atoms with Gasteiger partial charge in [-0.1, -0.05) is 12.8 Å². The molecule has 3 N–H and O–H groups in total. The maximum absolute atomic E-state index is 12.8. The van der Waals surface area contributed by atoms with Gasteiger partial charge in [0.25, 0.3) is 0 Å². The Morgan fingerprint density at radius 3 is 2.61 bits per heavy atom. The van der Waals surface area contributed by atoms with E-state index in [1.807, 2.05) is 4.90 Å². The van der Waals surface area contributed by atoms with Gasteiger partial charge in [-0.3, -0.25) is 4.99 Å². The van der Waals surface area contributed by atoms with Gasteiger partial charge in [0.1, 0.15) is 5.82 Å². The van der Waals surface area contributed by atoms with E-state index in [2.05, 4.69) is 15.3 Å². The van der Waals surface area contributed by atoms with Crippen LogP contribution in [0.15, 0.2) is 23.3 Å². The molecule has 128 valence electrons. The van der Waals surface area contributed by atoms with E-state index in [1.54, 1.807) is 0 Å². The summed E-state index contributed by atoms with van der Waals surface area (Å²) < 4.78 is 38.5. The van der Waals surface area contributed by atoms with Crippen molar-refractivity contribution in [1.29, 1.82) is 0 Å². The number of anilines is 1. The number of nitrogens with two attached hydrogens (primary N) is 1. The number of halogens is 3. The highest BCUT2D eigenvalue weighted by molar-refractivity contribution is 5.78. The molecule has 1 aromatic heterocycles. The van der Waals surface area contributed by atoms with Crippen molar-refractivity contribution in [3.63, 3.8) is 0 Å². The van der Waals surface area contributed by atoms with Crippen molar-refractivity contribution in [2.24, 2.45) is 10.7 Å². The Balaban J connectivity index is 1.86. The van der Waals surface area contributed by atoms with Crippen LogP contribution in [-0.4, -0.2) is 42.0 Å². The second-order valence-electron chi connectivity index (χ2n) is 5.47. The zero-order valence-electron chi connectivity index (χ0n) is 12.9. The van der Waals surface area contributed by atoms with Crippen LogP contribution in [0.2, 0.25) is 0 Å². The molecule has 0 saturated carbocycles. The van der Waals surface area contributed by atoms with Crippen LogP contribution in [0.3, 0.4) is 0 Å². The first kappa shape index (κ1) is 17.4. The molecule has 1 saturated heterocycles. The van der Waals surface area contributed by atoms with Crippen LogP contribution in [0, 0.1) is 0 Å². The highest BCUT2D eigenvalue weighted by Crippen LogP contribution is 2.33. The number of hydrogen-bond donors (Lipinski definition) is 2. The van der Waals surface area contributed by atoms with Crippen LogP contribution >= 0.6 is 0 Å². The Labute approximate surface area is 133 Å². The molecule has 5 nitrogen and oxygen atoms in total. The molecule has 1 fully saturated rings. The summed E-state index contributed by atoms with van der Waals surface area (Å²) in [6.07, 6.45) is 1.49. The van der Waals surface area contributed by atoms with Crippen molar-refractivity contribution in [1.82, 2.24) is 9.88 Å². The van der Waals surface area contributed by atoms with Gasteiger partial charge in [0.2, 0.25) is 0 Å². The molecular weight excluding hydrogens is 307 g/mol. The van der Waals surface area contributed by atoms with Gasteiger partial charge in [-0.2, -0.15) is 13.2 Å². The third-order valence-electron chi connectivity index (χ3n) is 3.72. The maximum Gasteiger partial charge on any atom is 0.419 e. The fourth-order valence-corrected chi connectivity index (χ4v) is 2.52. The van der Waals surface area contributed by atoms with Crippen LogP contribution in [-0.2, 0) is 6.18 Å². The third-order valence-corrected chi connectivity index (χ3v) is 3.72. The summed E-state index contributed by atoms with van der Waals surface area (Å²) in [6.45, 7) is 2.33. The van der Waals surface area contributed by atoms with E-state index in [1.165, 1.54) is 25.1 Å². The van der Waals surface area contributed by atoms with Crippen molar-refractivity contribution in [3.8, 4) is 0 Å². The first-order valence-corrected chi connectivity index (χ1v) is 7.79. The Bertz CT molecular complexity index is 522. The largest absolute Gasteiger partial charge is 0.419 e. The summed E-state index contributed by atoms with van der Waals surface area (Å²) in [7, 11) is 0. The number of alkyl halides is 3. The first-order chi connectivity index (χ1) is 11.0. The fourth-order valence-electron chi connectivity index (χ4n) is 2.52. The van der Waals surface area contributed by atoms with Gasteiger partial charge in [-0.05, 0) is 25.0 Å². The van der Waals surface area contributed by atoms with E-state index >= 15 is 0 Å². The predicted octanol–water partition coefficient (Wildman–Crippen LogP) is 2.70. The summed E-state index contributed by atoms with van der Waals surface area (Å²) in [5.74, 6) is 0.286. The quantitative estimate of drug-likeness (QED) is 0.506. The molecule has 0 aliphatic carbocycles. The zero-order valence-corrected chi connectivity index (χ0v) is 12.9. The van der Waals surface area contributed by atoms with E-state index in [4.69, 9.17) is 5.73 Å². The van der Waals surface area contributed by atoms with Gasteiger partial charge in [-0.15, -0.1) is 0 Å². The minimum Gasteiger partial charge on any atom is -0.370 e. The molecule has 8 heteroatoms. The monoisotopic (exact) mass is 329 g/mol. The SMILES string of the molecule is NC(=NCCNc1ncccc1C(F)(F)F)N1CCCCCC1. The maximum atomic E-state index is 12.8. The second kappa shape index (κ2) is 8.03. The summed E-state index contributed by atoms with van der Waals surface area (Å²) >= 11 is 0. The predicted molar refractivity (Wildman–Crippen MR) is 84.3 cm³/mol. The lowest BCUT2D eigenvalue weighted by atomic mass is 10.2. The van der Waals surface area contributed by atoms with Crippen molar-refractivity contribution in [3.05, 3.63) is 23.9 Å². The normalized spacial score (nSPS) is 17.0. The molecule has 2 heterocycles. The van der Waals surface area contributed by atoms with Crippen molar-refractivity contribution >= 4 is 11.8 Å². The molecule has 0 unspecified atom stereocenters. The Morgan fingerprint density at radius 1 is 1.26 bits per heavy atom. The average Bonchev–Trinajstić information content (AvgIpc) is 2.80. The summed E-state index contributed by atoms with van der Waals surface area (Å²) in [4.78, 5) is 10.0. The van der Waals surface area contributed by atoms with Crippen molar-refractivity contribution in [2.45, 2.75) is 31.9 Å². The molecule has 1 aliphatic heterocycles. The lowest BCUT2D eigenvalue weighted by molar-refractivity contribution is -0.137. The lowest BCUT2D eigenvalue weighted by Gasteiger charge is -2.21. The van der Waals surface area contributed by atoms with Crippen LogP contribution < -0.4 is 11.1 Å². The minimum atomic E-state index is -4.43. The Hall–Kier alpha value is -1.99. The number of hydrogen-bond acceptors (Lipinski definition) is 3. The molecule has 0 amide bonds. The summed E-state index contributed by atoms with van der Waals surface area (Å²) in [5, 5.41) is 2.68. The van der Waals surface area contributed by atoms with E-state index in [0.29, 0.717) is 12.5 Å². The Morgan fingerprint density at radius 2 is 1.96 bits per heavy atom. The van der Waals surface area contributed by atoms with Gasteiger partial charge in [-0.25, -0.2) is 4.98 Å². The van der Waals surface area contributed by atoms with E-state index in [9.17, 15) is 13.2 Å². The third kappa shape index (κ3) is 5.30. The van der Waals surface area contributed by atoms with Crippen LogP contribution in [0.4, 0.5) is 19.0 Å². The van der Waals surface area contributed by atoms with Crippen molar-refractivity contribution < 1.29 is 13.2 Å². The van der Waals surface area contributed by atoms with Gasteiger partial charge < -0.3 is 16.0 Å². The van der Waals surface area contributed by atoms with Gasteiger partial charge in [0.15, 0.2) is 5.96 Å². The molecule has 2 rings (SSSR count). The molecule has 1 aromatic rings. The van der Waals surface area contributed by atoms with Crippen LogP contribution in [0.25, 0.3) is 0 Å². The summed E-state index contributed by atoms with van der Waals surface area (Å²) in [6, 6.07) is 2.27. The summed E-state index contributed by atoms with van der Waals surface area (Å²) in [5.41, 5.74) is 5.18. The highest BCUT2D eigenvalue weighted by atomic mass is 19.4. The van der Waals surface area contributed by atoms with Gasteiger partial charge in [0, 0.05) is 25.8 Å². The molecule has 0 radical (unpaired) electrons. The smallest absolute Gasteiger partial charge is 0.370 e. The lowest BCUT2D eigenvalue weighted by Crippen LogP contribution is -2.38.